The van der Waals surface area contributed by atoms with Crippen LogP contribution in [-0.4, -0.2) is 96.7 Å². The second-order valence-corrected chi connectivity index (χ2v) is 10.9. The second-order valence-electron chi connectivity index (χ2n) is 10.4. The summed E-state index contributed by atoms with van der Waals surface area (Å²) in [5.74, 6) is -0.814. The molecule has 0 unspecified atom stereocenters. The largest absolute Gasteiger partial charge is 0.434 e. The molecule has 2 aliphatic rings. The standard InChI is InChI=1S/C30H36ClF2N7O4/c1-5-11-35-27(34-3)21(6-2)28(42)36-23-17-40(37-26(23)22-16-20(31)7-8-24(22)44-29(32)33)18-25(41)39-14-15-43-30(19-39)9-12-38(4)13-10-30/h5-8,11,16-17,29,34H,1-2,9-10,12-15,18-19H2,3-4H3,(H,36,42)/b27-21-,35-11-. The summed E-state index contributed by atoms with van der Waals surface area (Å²) in [6.45, 7) is 7.08. The summed E-state index contributed by atoms with van der Waals surface area (Å²) < 4.78 is 38.8. The van der Waals surface area contributed by atoms with Crippen molar-refractivity contribution in [1.82, 2.24) is 24.9 Å². The number of ether oxygens (including phenoxy) is 2. The molecule has 2 aromatic rings. The Morgan fingerprint density at radius 3 is 2.68 bits per heavy atom. The minimum Gasteiger partial charge on any atom is -0.434 e. The molecule has 1 aromatic carbocycles. The summed E-state index contributed by atoms with van der Waals surface area (Å²) in [5.41, 5.74) is -0.00249. The Bertz CT molecular complexity index is 1450. The molecular weight excluding hydrogens is 596 g/mol. The van der Waals surface area contributed by atoms with E-state index in [0.717, 1.165) is 25.9 Å². The van der Waals surface area contributed by atoms with E-state index in [-0.39, 0.29) is 57.2 Å². The van der Waals surface area contributed by atoms with E-state index in [1.165, 1.54) is 47.4 Å². The Labute approximate surface area is 259 Å². The smallest absolute Gasteiger partial charge is 0.387 e. The van der Waals surface area contributed by atoms with Gasteiger partial charge in [-0.2, -0.15) is 13.9 Å². The number of halogens is 3. The number of morpholine rings is 1. The zero-order valence-electron chi connectivity index (χ0n) is 24.7. The van der Waals surface area contributed by atoms with Gasteiger partial charge in [0.15, 0.2) is 0 Å². The van der Waals surface area contributed by atoms with Crippen molar-refractivity contribution in [1.29, 1.82) is 0 Å². The van der Waals surface area contributed by atoms with Crippen LogP contribution >= 0.6 is 11.6 Å². The number of carbonyl (C=O) groups is 2. The monoisotopic (exact) mass is 631 g/mol. The van der Waals surface area contributed by atoms with Gasteiger partial charge in [0.05, 0.1) is 23.5 Å². The van der Waals surface area contributed by atoms with E-state index in [2.05, 4.69) is 45.8 Å². The van der Waals surface area contributed by atoms with Crippen molar-refractivity contribution in [3.8, 4) is 17.0 Å². The molecule has 0 radical (unpaired) electrons. The van der Waals surface area contributed by atoms with E-state index in [9.17, 15) is 18.4 Å². The van der Waals surface area contributed by atoms with Crippen LogP contribution in [0.1, 0.15) is 12.8 Å². The van der Waals surface area contributed by atoms with E-state index in [1.54, 1.807) is 11.9 Å². The predicted molar refractivity (Wildman–Crippen MR) is 165 cm³/mol. The fourth-order valence-electron chi connectivity index (χ4n) is 5.19. The molecule has 236 valence electrons. The number of carbonyl (C=O) groups excluding carboxylic acids is 2. The Balaban J connectivity index is 1.68. The van der Waals surface area contributed by atoms with Crippen molar-refractivity contribution < 1.29 is 27.8 Å². The minimum atomic E-state index is -3.12. The lowest BCUT2D eigenvalue weighted by atomic mass is 9.89. The molecule has 44 heavy (non-hydrogen) atoms. The van der Waals surface area contributed by atoms with Crippen molar-refractivity contribution in [2.45, 2.75) is 31.6 Å². The fraction of sp³-hybridized carbons (Fsp3) is 0.400. The molecule has 2 aliphatic heterocycles. The summed E-state index contributed by atoms with van der Waals surface area (Å²) in [6, 6.07) is 4.08. The molecule has 4 rings (SSSR count). The number of hydrogen-bond acceptors (Lipinski definition) is 8. The Hall–Kier alpha value is -4.07. The van der Waals surface area contributed by atoms with E-state index in [1.807, 2.05) is 0 Å². The molecule has 2 N–H and O–H groups in total. The van der Waals surface area contributed by atoms with Crippen molar-refractivity contribution in [3.63, 3.8) is 0 Å². The first-order valence-electron chi connectivity index (χ1n) is 14.0. The highest BCUT2D eigenvalue weighted by Crippen LogP contribution is 2.37. The molecule has 0 aliphatic carbocycles. The molecule has 0 bridgehead atoms. The number of benzene rings is 1. The van der Waals surface area contributed by atoms with Gasteiger partial charge in [0, 0.05) is 56.2 Å². The van der Waals surface area contributed by atoms with Crippen LogP contribution in [0.15, 0.2) is 66.1 Å². The van der Waals surface area contributed by atoms with Gasteiger partial charge < -0.3 is 29.9 Å². The highest BCUT2D eigenvalue weighted by atomic mass is 35.5. The SMILES string of the molecule is C=C/C=N\C(NC)=C(\C=C)C(=O)Nc1cn(CC(=O)N2CCOC3(CCN(C)CC3)C2)nc1-c1cc(Cl)ccc1OC(F)F. The van der Waals surface area contributed by atoms with Gasteiger partial charge in [0.1, 0.15) is 23.8 Å². The maximum absolute atomic E-state index is 13.5. The number of nitrogens with zero attached hydrogens (tertiary/aromatic N) is 5. The fourth-order valence-corrected chi connectivity index (χ4v) is 5.36. The van der Waals surface area contributed by atoms with Crippen LogP contribution in [0.4, 0.5) is 14.5 Å². The third-order valence-corrected chi connectivity index (χ3v) is 7.70. The lowest BCUT2D eigenvalue weighted by Crippen LogP contribution is -2.58. The highest BCUT2D eigenvalue weighted by Gasteiger charge is 2.40. The minimum absolute atomic E-state index is 0.0714. The van der Waals surface area contributed by atoms with Gasteiger partial charge >= 0.3 is 6.61 Å². The Kier molecular flexibility index (Phi) is 10.9. The summed E-state index contributed by atoms with van der Waals surface area (Å²) in [6.07, 6.45) is 7.26. The second kappa shape index (κ2) is 14.6. The molecule has 3 heterocycles. The molecule has 1 aromatic heterocycles. The van der Waals surface area contributed by atoms with Crippen LogP contribution in [0.5, 0.6) is 5.75 Å². The van der Waals surface area contributed by atoms with Crippen molar-refractivity contribution >= 4 is 35.3 Å². The number of likely N-dealkylation sites (tertiary alicyclic amines) is 1. The first-order chi connectivity index (χ1) is 21.1. The number of piperidine rings is 1. The average molecular weight is 632 g/mol. The van der Waals surface area contributed by atoms with Gasteiger partial charge in [-0.3, -0.25) is 14.3 Å². The third-order valence-electron chi connectivity index (χ3n) is 7.47. The average Bonchev–Trinajstić information content (AvgIpc) is 3.38. The van der Waals surface area contributed by atoms with Crippen molar-refractivity contribution in [2.75, 3.05) is 52.2 Å². The molecular formula is C30H36ClF2N7O4. The quantitative estimate of drug-likeness (QED) is 0.219. The number of allylic oxidation sites excluding steroid dienone is 1. The molecule has 11 nitrogen and oxygen atoms in total. The van der Waals surface area contributed by atoms with Crippen LogP contribution in [0, 0.1) is 0 Å². The van der Waals surface area contributed by atoms with E-state index >= 15 is 0 Å². The molecule has 0 saturated carbocycles. The lowest BCUT2D eigenvalue weighted by Gasteiger charge is -2.46. The summed E-state index contributed by atoms with van der Waals surface area (Å²) in [7, 11) is 3.65. The van der Waals surface area contributed by atoms with E-state index in [0.29, 0.717) is 19.7 Å². The van der Waals surface area contributed by atoms with Crippen LogP contribution in [-0.2, 0) is 20.9 Å². The zero-order chi connectivity index (χ0) is 31.9. The first kappa shape index (κ1) is 32.8. The molecule has 2 amide bonds. The van der Waals surface area contributed by atoms with Crippen LogP contribution in [0.3, 0.4) is 0 Å². The maximum atomic E-state index is 13.5. The van der Waals surface area contributed by atoms with Crippen molar-refractivity contribution in [2.24, 2.45) is 4.99 Å². The van der Waals surface area contributed by atoms with E-state index in [4.69, 9.17) is 21.1 Å². The van der Waals surface area contributed by atoms with Gasteiger partial charge in [0.2, 0.25) is 5.91 Å². The van der Waals surface area contributed by atoms with Gasteiger partial charge in [-0.1, -0.05) is 36.9 Å². The Morgan fingerprint density at radius 2 is 2.02 bits per heavy atom. The number of aliphatic imine (C=N–C) groups is 1. The number of rotatable bonds is 11. The number of nitrogens with one attached hydrogen (secondary N) is 2. The highest BCUT2D eigenvalue weighted by molar-refractivity contribution is 6.31. The van der Waals surface area contributed by atoms with Gasteiger partial charge in [0.25, 0.3) is 5.91 Å². The number of anilines is 1. The van der Waals surface area contributed by atoms with E-state index < -0.39 is 12.5 Å². The van der Waals surface area contributed by atoms with Crippen LogP contribution in [0.2, 0.25) is 5.02 Å². The van der Waals surface area contributed by atoms with Crippen molar-refractivity contribution in [3.05, 3.63) is 66.1 Å². The zero-order valence-corrected chi connectivity index (χ0v) is 25.4. The number of aromatic nitrogens is 2. The maximum Gasteiger partial charge on any atom is 0.387 e. The lowest BCUT2D eigenvalue weighted by molar-refractivity contribution is -0.159. The number of hydrogen-bond donors (Lipinski definition) is 2. The summed E-state index contributed by atoms with van der Waals surface area (Å²) in [5, 5.41) is 10.3. The molecule has 1 spiro atoms. The topological polar surface area (TPSA) is 113 Å². The predicted octanol–water partition coefficient (Wildman–Crippen LogP) is 3.94. The molecule has 0 atom stereocenters. The first-order valence-corrected chi connectivity index (χ1v) is 14.4. The molecule has 2 saturated heterocycles. The van der Waals surface area contributed by atoms with Crippen LogP contribution < -0.4 is 15.4 Å². The van der Waals surface area contributed by atoms with Gasteiger partial charge in [-0.15, -0.1) is 0 Å². The number of alkyl halides is 2. The summed E-state index contributed by atoms with van der Waals surface area (Å²) >= 11 is 6.22. The normalized spacial score (nSPS) is 17.5. The molecule has 14 heteroatoms. The summed E-state index contributed by atoms with van der Waals surface area (Å²) in [4.78, 5) is 35.1. The van der Waals surface area contributed by atoms with Gasteiger partial charge in [-0.05, 0) is 38.1 Å². The molecule has 2 fully saturated rings. The van der Waals surface area contributed by atoms with Crippen LogP contribution in [0.25, 0.3) is 11.3 Å². The van der Waals surface area contributed by atoms with Gasteiger partial charge in [-0.25, -0.2) is 4.99 Å². The Morgan fingerprint density at radius 1 is 1.27 bits per heavy atom. The third kappa shape index (κ3) is 7.90. The number of amides is 2.